The fourth-order valence-corrected chi connectivity index (χ4v) is 2.46. The summed E-state index contributed by atoms with van der Waals surface area (Å²) in [5.41, 5.74) is 0.940. The van der Waals surface area contributed by atoms with E-state index in [0.29, 0.717) is 18.7 Å². The van der Waals surface area contributed by atoms with E-state index in [9.17, 15) is 14.7 Å². The minimum atomic E-state index is -0.864. The smallest absolute Gasteiger partial charge is 0.308 e. The SMILES string of the molecule is O=CN(C[C@@H](CC1CCC1)C(=O)O)OCc1ccccc1. The molecule has 1 atom stereocenters. The van der Waals surface area contributed by atoms with E-state index < -0.39 is 11.9 Å². The van der Waals surface area contributed by atoms with Crippen LogP contribution in [0.5, 0.6) is 0 Å². The van der Waals surface area contributed by atoms with Crippen LogP contribution in [0.3, 0.4) is 0 Å². The highest BCUT2D eigenvalue weighted by atomic mass is 16.7. The van der Waals surface area contributed by atoms with E-state index in [0.717, 1.165) is 23.5 Å². The average molecular weight is 291 g/mol. The van der Waals surface area contributed by atoms with Gasteiger partial charge >= 0.3 is 5.97 Å². The summed E-state index contributed by atoms with van der Waals surface area (Å²) >= 11 is 0. The van der Waals surface area contributed by atoms with Crippen molar-refractivity contribution in [3.8, 4) is 0 Å². The highest BCUT2D eigenvalue weighted by Crippen LogP contribution is 2.32. The molecule has 0 radical (unpaired) electrons. The maximum Gasteiger partial charge on any atom is 0.308 e. The van der Waals surface area contributed by atoms with Gasteiger partial charge in [0.2, 0.25) is 6.41 Å². The van der Waals surface area contributed by atoms with Gasteiger partial charge in [-0.1, -0.05) is 49.6 Å². The number of aliphatic carboxylic acids is 1. The Morgan fingerprint density at radius 2 is 2.10 bits per heavy atom. The number of hydrogen-bond acceptors (Lipinski definition) is 3. The summed E-state index contributed by atoms with van der Waals surface area (Å²) in [6.07, 6.45) is 4.54. The van der Waals surface area contributed by atoms with E-state index in [2.05, 4.69) is 0 Å². The highest BCUT2D eigenvalue weighted by Gasteiger charge is 2.28. The number of hydrogen-bond donors (Lipinski definition) is 1. The highest BCUT2D eigenvalue weighted by molar-refractivity contribution is 5.70. The summed E-state index contributed by atoms with van der Waals surface area (Å²) in [7, 11) is 0. The Labute approximate surface area is 124 Å². The minimum Gasteiger partial charge on any atom is -0.481 e. The molecular weight excluding hydrogens is 270 g/mol. The maximum atomic E-state index is 11.3. The second-order valence-corrected chi connectivity index (χ2v) is 5.53. The molecule has 0 heterocycles. The third-order valence-corrected chi connectivity index (χ3v) is 3.95. The first kappa shape index (κ1) is 15.5. The largest absolute Gasteiger partial charge is 0.481 e. The first-order chi connectivity index (χ1) is 10.2. The number of nitrogens with zero attached hydrogens (tertiary/aromatic N) is 1. The zero-order valence-electron chi connectivity index (χ0n) is 12.0. The van der Waals surface area contributed by atoms with E-state index in [1.165, 1.54) is 6.42 Å². The van der Waals surface area contributed by atoms with Crippen molar-refractivity contribution in [3.05, 3.63) is 35.9 Å². The maximum absolute atomic E-state index is 11.3. The van der Waals surface area contributed by atoms with Gasteiger partial charge in [-0.25, -0.2) is 5.06 Å². The van der Waals surface area contributed by atoms with Gasteiger partial charge in [-0.15, -0.1) is 0 Å². The predicted octanol–water partition coefficient (Wildman–Crippen LogP) is 2.47. The molecule has 5 nitrogen and oxygen atoms in total. The van der Waals surface area contributed by atoms with Crippen molar-refractivity contribution in [2.75, 3.05) is 6.54 Å². The number of rotatable bonds is 9. The molecule has 5 heteroatoms. The topological polar surface area (TPSA) is 66.8 Å². The molecule has 1 saturated carbocycles. The molecule has 21 heavy (non-hydrogen) atoms. The fourth-order valence-electron chi connectivity index (χ4n) is 2.46. The summed E-state index contributed by atoms with van der Waals surface area (Å²) in [6, 6.07) is 9.47. The summed E-state index contributed by atoms with van der Waals surface area (Å²) in [6.45, 7) is 0.359. The van der Waals surface area contributed by atoms with Crippen molar-refractivity contribution in [1.29, 1.82) is 0 Å². The number of carbonyl (C=O) groups is 2. The first-order valence-corrected chi connectivity index (χ1v) is 7.30. The number of amides is 1. The second kappa shape index (κ2) is 7.78. The number of carboxylic acid groups (broad SMARTS) is 1. The first-order valence-electron chi connectivity index (χ1n) is 7.30. The van der Waals surface area contributed by atoms with Crippen LogP contribution in [0.15, 0.2) is 30.3 Å². The molecule has 1 aromatic rings. The third-order valence-electron chi connectivity index (χ3n) is 3.95. The zero-order valence-corrected chi connectivity index (χ0v) is 12.0. The van der Waals surface area contributed by atoms with Crippen LogP contribution in [-0.4, -0.2) is 29.1 Å². The molecule has 114 valence electrons. The van der Waals surface area contributed by atoms with Crippen LogP contribution < -0.4 is 0 Å². The van der Waals surface area contributed by atoms with Gasteiger partial charge in [0.1, 0.15) is 6.61 Å². The van der Waals surface area contributed by atoms with E-state index in [-0.39, 0.29) is 13.2 Å². The number of hydroxylamine groups is 2. The Balaban J connectivity index is 1.83. The summed E-state index contributed by atoms with van der Waals surface area (Å²) < 4.78 is 0. The van der Waals surface area contributed by atoms with Crippen LogP contribution in [0.2, 0.25) is 0 Å². The second-order valence-electron chi connectivity index (χ2n) is 5.53. The Kier molecular flexibility index (Phi) is 5.75. The van der Waals surface area contributed by atoms with E-state index in [4.69, 9.17) is 4.84 Å². The molecular formula is C16H21NO4. The van der Waals surface area contributed by atoms with Crippen LogP contribution in [0, 0.1) is 11.8 Å². The number of carbonyl (C=O) groups excluding carboxylic acids is 1. The molecule has 1 aliphatic rings. The van der Waals surface area contributed by atoms with E-state index in [1.54, 1.807) is 0 Å². The van der Waals surface area contributed by atoms with Crippen molar-refractivity contribution < 1.29 is 19.5 Å². The van der Waals surface area contributed by atoms with E-state index in [1.807, 2.05) is 30.3 Å². The van der Waals surface area contributed by atoms with Gasteiger partial charge < -0.3 is 5.11 Å². The van der Waals surface area contributed by atoms with Crippen molar-refractivity contribution in [1.82, 2.24) is 5.06 Å². The van der Waals surface area contributed by atoms with Gasteiger partial charge in [-0.05, 0) is 17.9 Å². The minimum absolute atomic E-state index is 0.0994. The van der Waals surface area contributed by atoms with Crippen LogP contribution in [0.4, 0.5) is 0 Å². The predicted molar refractivity (Wildman–Crippen MR) is 77.1 cm³/mol. The molecule has 0 spiro atoms. The molecule has 1 aromatic carbocycles. The average Bonchev–Trinajstić information content (AvgIpc) is 2.45. The van der Waals surface area contributed by atoms with Gasteiger partial charge in [0, 0.05) is 0 Å². The lowest BCUT2D eigenvalue weighted by Crippen LogP contribution is -2.34. The molecule has 1 amide bonds. The normalized spacial score (nSPS) is 16.0. The summed E-state index contributed by atoms with van der Waals surface area (Å²) in [5, 5.41) is 10.4. The summed E-state index contributed by atoms with van der Waals surface area (Å²) in [5.74, 6) is -0.943. The van der Waals surface area contributed by atoms with Gasteiger partial charge in [0.05, 0.1) is 12.5 Å². The Morgan fingerprint density at radius 3 is 2.62 bits per heavy atom. The van der Waals surface area contributed by atoms with Gasteiger partial charge in [-0.3, -0.25) is 14.4 Å². The van der Waals surface area contributed by atoms with Crippen molar-refractivity contribution >= 4 is 12.4 Å². The van der Waals surface area contributed by atoms with Gasteiger partial charge in [0.25, 0.3) is 0 Å². The lowest BCUT2D eigenvalue weighted by atomic mass is 9.79. The van der Waals surface area contributed by atoms with Crippen LogP contribution in [0.25, 0.3) is 0 Å². The molecule has 2 rings (SSSR count). The molecule has 1 N–H and O–H groups in total. The standard InChI is InChI=1S/C16H21NO4/c18-12-17(21-11-14-5-2-1-3-6-14)10-15(16(19)20)9-13-7-4-8-13/h1-3,5-6,12-13,15H,4,7-11H2,(H,19,20)/t15-/m1/s1. The lowest BCUT2D eigenvalue weighted by Gasteiger charge is -2.29. The lowest BCUT2D eigenvalue weighted by molar-refractivity contribution is -0.184. The molecule has 0 unspecified atom stereocenters. The Hall–Kier alpha value is -1.88. The molecule has 0 aromatic heterocycles. The Morgan fingerprint density at radius 1 is 1.38 bits per heavy atom. The molecule has 0 aliphatic heterocycles. The van der Waals surface area contributed by atoms with Crippen molar-refractivity contribution in [2.45, 2.75) is 32.3 Å². The van der Waals surface area contributed by atoms with Gasteiger partial charge in [-0.2, -0.15) is 0 Å². The molecule has 1 fully saturated rings. The zero-order chi connectivity index (χ0) is 15.1. The van der Waals surface area contributed by atoms with Crippen LogP contribution in [0.1, 0.15) is 31.2 Å². The Bertz CT molecular complexity index is 459. The quantitative estimate of drug-likeness (QED) is 0.560. The third kappa shape index (κ3) is 4.86. The summed E-state index contributed by atoms with van der Waals surface area (Å²) in [4.78, 5) is 27.8. The fraction of sp³-hybridized carbons (Fsp3) is 0.500. The number of benzene rings is 1. The molecule has 0 saturated heterocycles. The number of carboxylic acids is 1. The van der Waals surface area contributed by atoms with Crippen LogP contribution >= 0.6 is 0 Å². The van der Waals surface area contributed by atoms with E-state index >= 15 is 0 Å². The molecule has 1 aliphatic carbocycles. The van der Waals surface area contributed by atoms with Crippen molar-refractivity contribution in [3.63, 3.8) is 0 Å². The van der Waals surface area contributed by atoms with Gasteiger partial charge in [0.15, 0.2) is 0 Å². The van der Waals surface area contributed by atoms with Crippen LogP contribution in [-0.2, 0) is 21.0 Å². The van der Waals surface area contributed by atoms with Crippen molar-refractivity contribution in [2.24, 2.45) is 11.8 Å². The molecule has 0 bridgehead atoms. The monoisotopic (exact) mass is 291 g/mol.